The first-order valence-corrected chi connectivity index (χ1v) is 9.26. The fourth-order valence-corrected chi connectivity index (χ4v) is 2.87. The van der Waals surface area contributed by atoms with Crippen LogP contribution in [0, 0.1) is 0 Å². The molecule has 5 N–H and O–H groups in total. The van der Waals surface area contributed by atoms with E-state index >= 15 is 0 Å². The molecule has 0 radical (unpaired) electrons. The molecule has 0 spiro atoms. The molecule has 2 rings (SSSR count). The number of ether oxygens (including phenoxy) is 1. The fraction of sp³-hybridized carbons (Fsp3) is 0.579. The van der Waals surface area contributed by atoms with Gasteiger partial charge < -0.3 is 25.5 Å². The maximum Gasteiger partial charge on any atom is 0.302 e. The Morgan fingerprint density at radius 2 is 2.14 bits per heavy atom. The van der Waals surface area contributed by atoms with E-state index in [1.54, 1.807) is 13.1 Å². The highest BCUT2D eigenvalue weighted by atomic mass is 19.1. The van der Waals surface area contributed by atoms with Gasteiger partial charge in [-0.05, 0) is 31.4 Å². The van der Waals surface area contributed by atoms with E-state index in [-0.39, 0.29) is 12.6 Å². The first kappa shape index (κ1) is 23.6. The van der Waals surface area contributed by atoms with Crippen LogP contribution in [0.4, 0.5) is 10.1 Å². The van der Waals surface area contributed by atoms with Crippen molar-refractivity contribution in [1.29, 1.82) is 0 Å². The first-order chi connectivity index (χ1) is 13.2. The number of aliphatic hydroxyl groups excluding tert-OH is 1. The molecule has 1 unspecified atom stereocenters. The van der Waals surface area contributed by atoms with Crippen molar-refractivity contribution >= 4 is 17.4 Å². The number of likely N-dealkylation sites (N-methyl/N-ethyl adjacent to an activating group) is 1. The van der Waals surface area contributed by atoms with Gasteiger partial charge in [-0.25, -0.2) is 15.2 Å². The zero-order valence-electron chi connectivity index (χ0n) is 17.1. The highest BCUT2D eigenvalue weighted by Crippen LogP contribution is 2.26. The summed E-state index contributed by atoms with van der Waals surface area (Å²) in [5.74, 6) is 5.43. The average molecular weight is 397 g/mol. The second kappa shape index (κ2) is 11.5. The summed E-state index contributed by atoms with van der Waals surface area (Å²) >= 11 is 0. The molecule has 1 aromatic rings. The highest BCUT2D eigenvalue weighted by Gasteiger charge is 2.22. The molecule has 1 atom stereocenters. The number of nitrogens with zero attached hydrogens (tertiary/aromatic N) is 3. The van der Waals surface area contributed by atoms with Crippen LogP contribution in [-0.4, -0.2) is 61.1 Å². The number of hydrazine groups is 1. The number of nitrogens with two attached hydrogens (primary N) is 2. The largest absolute Gasteiger partial charge is 0.469 e. The van der Waals surface area contributed by atoms with E-state index in [0.717, 1.165) is 30.8 Å². The summed E-state index contributed by atoms with van der Waals surface area (Å²) in [6.07, 6.45) is 1.41. The molecule has 8 nitrogen and oxygen atoms in total. The van der Waals surface area contributed by atoms with Crippen molar-refractivity contribution in [3.63, 3.8) is 0 Å². The standard InChI is InChI=1S/C16H26FN5O.C3H6O2/c1-3-12-14(22-8-4-5-11(17)9-22)7-6-13(20-12)16(18)15(10-23)21(2)19;1-3(4)5-2/h6-7,11,23H,3-5,8-10,18-19H2,1-2H3;1-2H3/b16-15-;. The molecule has 0 amide bonds. The summed E-state index contributed by atoms with van der Waals surface area (Å²) in [7, 11) is 2.96. The van der Waals surface area contributed by atoms with Crippen LogP contribution in [0.3, 0.4) is 0 Å². The molecular formula is C19H32FN5O3. The van der Waals surface area contributed by atoms with Gasteiger partial charge in [-0.15, -0.1) is 0 Å². The third-order valence-corrected chi connectivity index (χ3v) is 4.44. The number of piperidine rings is 1. The molecule has 2 heterocycles. The Hall–Kier alpha value is -2.39. The molecule has 1 fully saturated rings. The number of halogens is 1. The lowest BCUT2D eigenvalue weighted by Gasteiger charge is -2.32. The van der Waals surface area contributed by atoms with Crippen LogP contribution >= 0.6 is 0 Å². The van der Waals surface area contributed by atoms with Gasteiger partial charge in [0.25, 0.3) is 0 Å². The number of anilines is 1. The van der Waals surface area contributed by atoms with Gasteiger partial charge in [-0.1, -0.05) is 6.92 Å². The van der Waals surface area contributed by atoms with E-state index in [2.05, 4.69) is 9.72 Å². The van der Waals surface area contributed by atoms with Crippen molar-refractivity contribution in [2.45, 2.75) is 39.3 Å². The second-order valence-electron chi connectivity index (χ2n) is 6.53. The third-order valence-electron chi connectivity index (χ3n) is 4.44. The molecule has 0 saturated carbocycles. The van der Waals surface area contributed by atoms with Crippen LogP contribution in [0.25, 0.3) is 5.70 Å². The van der Waals surface area contributed by atoms with Crippen LogP contribution < -0.4 is 16.5 Å². The normalized spacial score (nSPS) is 17.2. The van der Waals surface area contributed by atoms with Gasteiger partial charge in [0.15, 0.2) is 0 Å². The predicted molar refractivity (Wildman–Crippen MR) is 108 cm³/mol. The van der Waals surface area contributed by atoms with Crippen LogP contribution in [-0.2, 0) is 16.0 Å². The zero-order chi connectivity index (χ0) is 21.3. The summed E-state index contributed by atoms with van der Waals surface area (Å²) in [5, 5.41) is 10.7. The number of aromatic nitrogens is 1. The third kappa shape index (κ3) is 6.65. The highest BCUT2D eigenvalue weighted by molar-refractivity contribution is 5.66. The number of aliphatic hydroxyl groups is 1. The molecule has 1 aliphatic rings. The summed E-state index contributed by atoms with van der Waals surface area (Å²) in [6.45, 7) is 4.35. The minimum Gasteiger partial charge on any atom is -0.469 e. The molecule has 0 aromatic carbocycles. The molecular weight excluding hydrogens is 365 g/mol. The van der Waals surface area contributed by atoms with Crippen LogP contribution in [0.5, 0.6) is 0 Å². The lowest BCUT2D eigenvalue weighted by Crippen LogP contribution is -2.37. The Kier molecular flexibility index (Phi) is 9.67. The molecule has 9 heteroatoms. The van der Waals surface area contributed by atoms with Crippen molar-refractivity contribution in [1.82, 2.24) is 9.99 Å². The molecule has 28 heavy (non-hydrogen) atoms. The number of alkyl halides is 1. The number of carbonyl (C=O) groups excluding carboxylic acids is 1. The second-order valence-corrected chi connectivity index (χ2v) is 6.53. The lowest BCUT2D eigenvalue weighted by molar-refractivity contribution is -0.137. The molecule has 0 bridgehead atoms. The van der Waals surface area contributed by atoms with E-state index in [1.807, 2.05) is 17.9 Å². The van der Waals surface area contributed by atoms with E-state index in [9.17, 15) is 14.3 Å². The van der Waals surface area contributed by atoms with Crippen molar-refractivity contribution < 1.29 is 19.0 Å². The number of esters is 1. The van der Waals surface area contributed by atoms with Gasteiger partial charge >= 0.3 is 5.97 Å². The van der Waals surface area contributed by atoms with Gasteiger partial charge in [0.05, 0.1) is 42.2 Å². The van der Waals surface area contributed by atoms with Gasteiger partial charge in [0, 0.05) is 27.1 Å². The quantitative estimate of drug-likeness (QED) is 0.385. The minimum atomic E-state index is -0.787. The molecule has 1 aromatic heterocycles. The number of rotatable bonds is 5. The van der Waals surface area contributed by atoms with Crippen LogP contribution in [0.2, 0.25) is 0 Å². The zero-order valence-corrected chi connectivity index (χ0v) is 17.1. The lowest BCUT2D eigenvalue weighted by atomic mass is 10.1. The average Bonchev–Trinajstić information content (AvgIpc) is 2.68. The molecule has 0 aliphatic carbocycles. The molecule has 158 valence electrons. The predicted octanol–water partition coefficient (Wildman–Crippen LogP) is 1.19. The van der Waals surface area contributed by atoms with Crippen molar-refractivity contribution in [2.75, 3.05) is 38.8 Å². The van der Waals surface area contributed by atoms with Gasteiger partial charge in [0.2, 0.25) is 0 Å². The van der Waals surface area contributed by atoms with E-state index in [0.29, 0.717) is 30.1 Å². The van der Waals surface area contributed by atoms with Crippen LogP contribution in [0.15, 0.2) is 17.8 Å². The van der Waals surface area contributed by atoms with Crippen molar-refractivity contribution in [3.05, 3.63) is 29.2 Å². The molecule has 1 aliphatic heterocycles. The smallest absolute Gasteiger partial charge is 0.302 e. The number of hydrogen-bond acceptors (Lipinski definition) is 8. The Morgan fingerprint density at radius 1 is 1.50 bits per heavy atom. The van der Waals surface area contributed by atoms with Gasteiger partial charge in [-0.2, -0.15) is 0 Å². The van der Waals surface area contributed by atoms with E-state index < -0.39 is 6.17 Å². The molecule has 1 saturated heterocycles. The number of methoxy groups -OCH3 is 1. The van der Waals surface area contributed by atoms with Gasteiger partial charge in [-0.3, -0.25) is 4.79 Å². The monoisotopic (exact) mass is 397 g/mol. The maximum absolute atomic E-state index is 13.7. The summed E-state index contributed by atoms with van der Waals surface area (Å²) < 4.78 is 17.8. The van der Waals surface area contributed by atoms with Gasteiger partial charge in [0.1, 0.15) is 6.17 Å². The maximum atomic E-state index is 13.7. The fourth-order valence-electron chi connectivity index (χ4n) is 2.87. The Bertz CT molecular complexity index is 682. The number of aryl methyl sites for hydroxylation is 1. The van der Waals surface area contributed by atoms with Crippen molar-refractivity contribution in [2.24, 2.45) is 11.6 Å². The van der Waals surface area contributed by atoms with E-state index in [1.165, 1.54) is 19.0 Å². The number of carbonyl (C=O) groups is 1. The SMILES string of the molecule is CCc1nc(/C(N)=C(\CO)N(C)N)ccc1N1CCCC(F)C1.COC(C)=O. The number of hydrogen-bond donors (Lipinski definition) is 3. The Balaban J connectivity index is 0.000000696. The minimum absolute atomic E-state index is 0.245. The first-order valence-electron chi connectivity index (χ1n) is 9.26. The van der Waals surface area contributed by atoms with Crippen molar-refractivity contribution in [3.8, 4) is 0 Å². The summed E-state index contributed by atoms with van der Waals surface area (Å²) in [6, 6.07) is 3.72. The summed E-state index contributed by atoms with van der Waals surface area (Å²) in [4.78, 5) is 16.2. The Morgan fingerprint density at radius 3 is 2.61 bits per heavy atom. The Labute approximate surface area is 165 Å². The summed E-state index contributed by atoms with van der Waals surface area (Å²) in [5.41, 5.74) is 9.24. The van der Waals surface area contributed by atoms with Crippen LogP contribution in [0.1, 0.15) is 38.1 Å². The van der Waals surface area contributed by atoms with E-state index in [4.69, 9.17) is 11.6 Å². The topological polar surface area (TPSA) is 118 Å². The number of pyridine rings is 1.